The normalized spacial score (nSPS) is 12.6. The number of allylic oxidation sites excluding steroid dienone is 2. The zero-order valence-electron chi connectivity index (χ0n) is 14.6. The lowest BCUT2D eigenvalue weighted by Gasteiger charge is -2.08. The lowest BCUT2D eigenvalue weighted by atomic mass is 9.97. The van der Waals surface area contributed by atoms with E-state index in [1.807, 2.05) is 6.08 Å². The predicted molar refractivity (Wildman–Crippen MR) is 93.6 cm³/mol. The summed E-state index contributed by atoms with van der Waals surface area (Å²) in [5.74, 6) is -2.36. The molecule has 1 atom stereocenters. The SMILES string of the molecule is CCCCCCCCCCC=CCCC(CCC(=O)O)C(=O)O. The molecule has 0 aliphatic carbocycles. The Labute approximate surface area is 141 Å². The lowest BCUT2D eigenvalue weighted by molar-refractivity contribution is -0.143. The summed E-state index contributed by atoms with van der Waals surface area (Å²) in [5.41, 5.74) is 0. The third kappa shape index (κ3) is 15.4. The van der Waals surface area contributed by atoms with Gasteiger partial charge in [-0.15, -0.1) is 0 Å². The van der Waals surface area contributed by atoms with Gasteiger partial charge in [0.05, 0.1) is 5.92 Å². The maximum Gasteiger partial charge on any atom is 0.306 e. The van der Waals surface area contributed by atoms with Crippen LogP contribution in [0.15, 0.2) is 12.2 Å². The van der Waals surface area contributed by atoms with Crippen molar-refractivity contribution < 1.29 is 19.8 Å². The summed E-state index contributed by atoms with van der Waals surface area (Å²) in [6, 6.07) is 0. The van der Waals surface area contributed by atoms with Crippen LogP contribution in [0.1, 0.15) is 90.4 Å². The second-order valence-electron chi connectivity index (χ2n) is 6.28. The number of unbranched alkanes of at least 4 members (excludes halogenated alkanes) is 8. The van der Waals surface area contributed by atoms with Crippen LogP contribution in [0.3, 0.4) is 0 Å². The first-order valence-electron chi connectivity index (χ1n) is 9.17. The molecule has 134 valence electrons. The fraction of sp³-hybridized carbons (Fsp3) is 0.789. The highest BCUT2D eigenvalue weighted by molar-refractivity contribution is 5.72. The molecule has 0 radical (unpaired) electrons. The highest BCUT2D eigenvalue weighted by atomic mass is 16.4. The van der Waals surface area contributed by atoms with Crippen LogP contribution < -0.4 is 0 Å². The topological polar surface area (TPSA) is 74.6 Å². The van der Waals surface area contributed by atoms with E-state index in [1.165, 1.54) is 51.4 Å². The number of carbonyl (C=O) groups is 2. The van der Waals surface area contributed by atoms with E-state index < -0.39 is 17.9 Å². The van der Waals surface area contributed by atoms with Crippen LogP contribution >= 0.6 is 0 Å². The van der Waals surface area contributed by atoms with Crippen LogP contribution in [-0.2, 0) is 9.59 Å². The highest BCUT2D eigenvalue weighted by Gasteiger charge is 2.17. The maximum atomic E-state index is 11.0. The number of aliphatic carboxylic acids is 2. The first-order chi connectivity index (χ1) is 11.1. The minimum Gasteiger partial charge on any atom is -0.481 e. The Balaban J connectivity index is 3.54. The molecule has 0 heterocycles. The fourth-order valence-electron chi connectivity index (χ4n) is 2.62. The minimum absolute atomic E-state index is 0.0705. The standard InChI is InChI=1S/C19H34O4/c1-2-3-4-5-6-7-8-9-10-11-12-13-14-17(19(22)23)15-16-18(20)21/h11-12,17H,2-10,13-16H2,1H3,(H,20,21)(H,22,23). The van der Waals surface area contributed by atoms with Crippen LogP contribution in [0.4, 0.5) is 0 Å². The van der Waals surface area contributed by atoms with Gasteiger partial charge in [0.2, 0.25) is 0 Å². The molecule has 4 nitrogen and oxygen atoms in total. The number of hydrogen-bond donors (Lipinski definition) is 2. The molecule has 0 saturated heterocycles. The third-order valence-electron chi connectivity index (χ3n) is 4.13. The molecular weight excluding hydrogens is 292 g/mol. The van der Waals surface area contributed by atoms with Crippen molar-refractivity contribution in [3.63, 3.8) is 0 Å². The van der Waals surface area contributed by atoms with Crippen LogP contribution in [0, 0.1) is 5.92 Å². The molecule has 0 spiro atoms. The number of hydrogen-bond acceptors (Lipinski definition) is 2. The zero-order chi connectivity index (χ0) is 17.3. The molecule has 0 aliphatic heterocycles. The third-order valence-corrected chi connectivity index (χ3v) is 4.13. The number of rotatable bonds is 16. The van der Waals surface area contributed by atoms with Gasteiger partial charge in [-0.3, -0.25) is 9.59 Å². The van der Waals surface area contributed by atoms with Crippen molar-refractivity contribution in [2.75, 3.05) is 0 Å². The monoisotopic (exact) mass is 326 g/mol. The van der Waals surface area contributed by atoms with Gasteiger partial charge < -0.3 is 10.2 Å². The molecule has 0 aromatic carbocycles. The zero-order valence-corrected chi connectivity index (χ0v) is 14.6. The smallest absolute Gasteiger partial charge is 0.306 e. The number of carboxylic acid groups (broad SMARTS) is 2. The summed E-state index contributed by atoms with van der Waals surface area (Å²) >= 11 is 0. The molecule has 0 bridgehead atoms. The first kappa shape index (κ1) is 21.7. The average molecular weight is 326 g/mol. The molecule has 0 amide bonds. The molecule has 0 aromatic heterocycles. The highest BCUT2D eigenvalue weighted by Crippen LogP contribution is 2.15. The molecule has 0 saturated carbocycles. The first-order valence-corrected chi connectivity index (χ1v) is 9.17. The van der Waals surface area contributed by atoms with Crippen molar-refractivity contribution in [2.24, 2.45) is 5.92 Å². The van der Waals surface area contributed by atoms with Crippen molar-refractivity contribution >= 4 is 11.9 Å². The van der Waals surface area contributed by atoms with Crippen molar-refractivity contribution in [2.45, 2.75) is 90.4 Å². The van der Waals surface area contributed by atoms with Gasteiger partial charge >= 0.3 is 11.9 Å². The summed E-state index contributed by atoms with van der Waals surface area (Å²) in [6.45, 7) is 2.23. The Morgan fingerprint density at radius 3 is 1.96 bits per heavy atom. The van der Waals surface area contributed by atoms with Crippen LogP contribution in [0.25, 0.3) is 0 Å². The Kier molecular flexibility index (Phi) is 14.7. The van der Waals surface area contributed by atoms with Crippen LogP contribution in [0.5, 0.6) is 0 Å². The van der Waals surface area contributed by atoms with E-state index in [9.17, 15) is 9.59 Å². The Morgan fingerprint density at radius 2 is 1.39 bits per heavy atom. The van der Waals surface area contributed by atoms with Gasteiger partial charge in [-0.1, -0.05) is 64.0 Å². The lowest BCUT2D eigenvalue weighted by Crippen LogP contribution is -2.15. The summed E-state index contributed by atoms with van der Waals surface area (Å²) in [6.07, 6.45) is 17.1. The van der Waals surface area contributed by atoms with Gasteiger partial charge in [-0.2, -0.15) is 0 Å². The van der Waals surface area contributed by atoms with E-state index in [1.54, 1.807) is 0 Å². The molecule has 2 N–H and O–H groups in total. The predicted octanol–water partition coefficient (Wildman–Crippen LogP) is 5.42. The molecule has 1 unspecified atom stereocenters. The van der Waals surface area contributed by atoms with Crippen molar-refractivity contribution in [3.8, 4) is 0 Å². The van der Waals surface area contributed by atoms with E-state index in [2.05, 4.69) is 13.0 Å². The summed E-state index contributed by atoms with van der Waals surface area (Å²) in [7, 11) is 0. The number of carboxylic acids is 2. The maximum absolute atomic E-state index is 11.0. The van der Waals surface area contributed by atoms with E-state index >= 15 is 0 Å². The summed E-state index contributed by atoms with van der Waals surface area (Å²) < 4.78 is 0. The van der Waals surface area contributed by atoms with Crippen LogP contribution in [-0.4, -0.2) is 22.2 Å². The molecular formula is C19H34O4. The Morgan fingerprint density at radius 1 is 0.826 bits per heavy atom. The average Bonchev–Trinajstić information content (AvgIpc) is 2.50. The largest absolute Gasteiger partial charge is 0.481 e. The van der Waals surface area contributed by atoms with Crippen LogP contribution in [0.2, 0.25) is 0 Å². The molecule has 0 aromatic rings. The van der Waals surface area contributed by atoms with Crippen molar-refractivity contribution in [3.05, 3.63) is 12.2 Å². The minimum atomic E-state index is -0.929. The van der Waals surface area contributed by atoms with Gasteiger partial charge in [-0.25, -0.2) is 0 Å². The summed E-state index contributed by atoms with van der Waals surface area (Å²) in [4.78, 5) is 21.5. The van der Waals surface area contributed by atoms with Gasteiger partial charge in [0, 0.05) is 6.42 Å². The second kappa shape index (κ2) is 15.6. The van der Waals surface area contributed by atoms with E-state index in [4.69, 9.17) is 10.2 Å². The fourth-order valence-corrected chi connectivity index (χ4v) is 2.62. The Bertz CT molecular complexity index is 336. The second-order valence-corrected chi connectivity index (χ2v) is 6.28. The molecule has 23 heavy (non-hydrogen) atoms. The van der Waals surface area contributed by atoms with E-state index in [0.29, 0.717) is 12.8 Å². The van der Waals surface area contributed by atoms with Gasteiger partial charge in [0.1, 0.15) is 0 Å². The molecule has 0 aliphatic rings. The molecule has 4 heteroatoms. The van der Waals surface area contributed by atoms with Gasteiger partial charge in [-0.05, 0) is 32.1 Å². The quantitative estimate of drug-likeness (QED) is 0.293. The summed E-state index contributed by atoms with van der Waals surface area (Å²) in [5, 5.41) is 17.7. The van der Waals surface area contributed by atoms with Crippen molar-refractivity contribution in [1.29, 1.82) is 0 Å². The molecule has 0 rings (SSSR count). The van der Waals surface area contributed by atoms with E-state index in [0.717, 1.165) is 6.42 Å². The van der Waals surface area contributed by atoms with Gasteiger partial charge in [0.25, 0.3) is 0 Å². The van der Waals surface area contributed by atoms with Crippen molar-refractivity contribution in [1.82, 2.24) is 0 Å². The Hall–Kier alpha value is -1.32. The van der Waals surface area contributed by atoms with E-state index in [-0.39, 0.29) is 12.8 Å². The van der Waals surface area contributed by atoms with Gasteiger partial charge in [0.15, 0.2) is 0 Å². The molecule has 0 fully saturated rings.